The third-order valence-electron chi connectivity index (χ3n) is 3.00. The predicted molar refractivity (Wildman–Crippen MR) is 67.4 cm³/mol. The van der Waals surface area contributed by atoms with E-state index in [2.05, 4.69) is 15.9 Å². The van der Waals surface area contributed by atoms with Crippen LogP contribution in [0.2, 0.25) is 0 Å². The standard InChI is InChI=1S/C12H12BrFN2O2/c13-9-6-7(14)3-4-8(9)12(18)16-5-1-2-10(16)11(15)17/h3-4,6,10H,1-2,5H2,(H2,15,17). The summed E-state index contributed by atoms with van der Waals surface area (Å²) in [7, 11) is 0. The van der Waals surface area contributed by atoms with Gasteiger partial charge in [-0.3, -0.25) is 9.59 Å². The number of hydrogen-bond acceptors (Lipinski definition) is 2. The number of amides is 2. The Balaban J connectivity index is 2.28. The van der Waals surface area contributed by atoms with Gasteiger partial charge in [0.25, 0.3) is 5.91 Å². The minimum atomic E-state index is -0.561. The van der Waals surface area contributed by atoms with Gasteiger partial charge in [-0.25, -0.2) is 4.39 Å². The minimum Gasteiger partial charge on any atom is -0.368 e. The fraction of sp³-hybridized carbons (Fsp3) is 0.333. The van der Waals surface area contributed by atoms with E-state index in [-0.39, 0.29) is 5.91 Å². The van der Waals surface area contributed by atoms with Gasteiger partial charge in [0.05, 0.1) is 5.56 Å². The molecule has 1 fully saturated rings. The zero-order chi connectivity index (χ0) is 13.3. The highest BCUT2D eigenvalue weighted by Crippen LogP contribution is 2.24. The van der Waals surface area contributed by atoms with Gasteiger partial charge in [0, 0.05) is 11.0 Å². The van der Waals surface area contributed by atoms with E-state index in [9.17, 15) is 14.0 Å². The van der Waals surface area contributed by atoms with Crippen molar-refractivity contribution >= 4 is 27.7 Å². The van der Waals surface area contributed by atoms with Crippen LogP contribution >= 0.6 is 15.9 Å². The summed E-state index contributed by atoms with van der Waals surface area (Å²) in [6.07, 6.45) is 1.33. The molecule has 0 radical (unpaired) electrons. The Morgan fingerprint density at radius 3 is 2.78 bits per heavy atom. The van der Waals surface area contributed by atoms with Crippen LogP contribution in [0, 0.1) is 5.82 Å². The maximum Gasteiger partial charge on any atom is 0.255 e. The third-order valence-corrected chi connectivity index (χ3v) is 3.66. The molecule has 0 aromatic heterocycles. The molecule has 0 saturated carbocycles. The molecule has 4 nitrogen and oxygen atoms in total. The number of hydrogen-bond donors (Lipinski definition) is 1. The number of nitrogens with zero attached hydrogens (tertiary/aromatic N) is 1. The van der Waals surface area contributed by atoms with Crippen molar-refractivity contribution in [2.24, 2.45) is 5.73 Å². The van der Waals surface area contributed by atoms with Crippen molar-refractivity contribution in [2.75, 3.05) is 6.54 Å². The molecule has 1 saturated heterocycles. The van der Waals surface area contributed by atoms with E-state index in [1.165, 1.54) is 23.1 Å². The van der Waals surface area contributed by atoms with Gasteiger partial charge in [-0.05, 0) is 47.0 Å². The van der Waals surface area contributed by atoms with Crippen LogP contribution in [0.25, 0.3) is 0 Å². The van der Waals surface area contributed by atoms with Crippen LogP contribution in [-0.4, -0.2) is 29.3 Å². The Labute approximate surface area is 112 Å². The van der Waals surface area contributed by atoms with E-state index in [1.807, 2.05) is 0 Å². The van der Waals surface area contributed by atoms with E-state index in [1.54, 1.807) is 0 Å². The molecule has 1 aromatic carbocycles. The van der Waals surface area contributed by atoms with Gasteiger partial charge < -0.3 is 10.6 Å². The summed E-state index contributed by atoms with van der Waals surface area (Å²) in [5.41, 5.74) is 5.60. The summed E-state index contributed by atoms with van der Waals surface area (Å²) >= 11 is 3.15. The maximum atomic E-state index is 13.0. The molecular weight excluding hydrogens is 303 g/mol. The fourth-order valence-electron chi connectivity index (χ4n) is 2.12. The summed E-state index contributed by atoms with van der Waals surface area (Å²) in [6, 6.07) is 3.28. The van der Waals surface area contributed by atoms with Gasteiger partial charge >= 0.3 is 0 Å². The van der Waals surface area contributed by atoms with Crippen molar-refractivity contribution in [1.29, 1.82) is 0 Å². The first-order chi connectivity index (χ1) is 8.50. The molecule has 0 aliphatic carbocycles. The highest BCUT2D eigenvalue weighted by atomic mass is 79.9. The van der Waals surface area contributed by atoms with Crippen LogP contribution in [0.5, 0.6) is 0 Å². The lowest BCUT2D eigenvalue weighted by molar-refractivity contribution is -0.121. The number of rotatable bonds is 2. The first-order valence-corrected chi connectivity index (χ1v) is 6.35. The molecule has 2 N–H and O–H groups in total. The van der Waals surface area contributed by atoms with Gasteiger partial charge in [-0.2, -0.15) is 0 Å². The Morgan fingerprint density at radius 2 is 2.17 bits per heavy atom. The van der Waals surface area contributed by atoms with Gasteiger partial charge in [0.1, 0.15) is 11.9 Å². The smallest absolute Gasteiger partial charge is 0.255 e. The second-order valence-electron chi connectivity index (χ2n) is 4.18. The van der Waals surface area contributed by atoms with E-state index >= 15 is 0 Å². The molecule has 18 heavy (non-hydrogen) atoms. The molecule has 96 valence electrons. The molecule has 6 heteroatoms. The van der Waals surface area contributed by atoms with Crippen LogP contribution in [0.15, 0.2) is 22.7 Å². The SMILES string of the molecule is NC(=O)C1CCCN1C(=O)c1ccc(F)cc1Br. The molecular formula is C12H12BrFN2O2. The first kappa shape index (κ1) is 13.0. The van der Waals surface area contributed by atoms with Crippen molar-refractivity contribution in [2.45, 2.75) is 18.9 Å². The zero-order valence-electron chi connectivity index (χ0n) is 9.53. The molecule has 1 aliphatic heterocycles. The maximum absolute atomic E-state index is 13.0. The third kappa shape index (κ3) is 2.38. The molecule has 0 bridgehead atoms. The lowest BCUT2D eigenvalue weighted by atomic mass is 10.1. The van der Waals surface area contributed by atoms with Crippen LogP contribution in [-0.2, 0) is 4.79 Å². The molecule has 1 atom stereocenters. The Kier molecular flexibility index (Phi) is 3.65. The summed E-state index contributed by atoms with van der Waals surface area (Å²) in [5.74, 6) is -1.23. The monoisotopic (exact) mass is 314 g/mol. The van der Waals surface area contributed by atoms with Crippen molar-refractivity contribution < 1.29 is 14.0 Å². The second kappa shape index (κ2) is 5.06. The lowest BCUT2D eigenvalue weighted by Gasteiger charge is -2.22. The number of likely N-dealkylation sites (tertiary alicyclic amines) is 1. The molecule has 2 rings (SSSR count). The fourth-order valence-corrected chi connectivity index (χ4v) is 2.64. The van der Waals surface area contributed by atoms with Crippen molar-refractivity contribution in [1.82, 2.24) is 4.90 Å². The van der Waals surface area contributed by atoms with Gasteiger partial charge in [0.2, 0.25) is 5.91 Å². The summed E-state index contributed by atoms with van der Waals surface area (Å²) < 4.78 is 13.3. The lowest BCUT2D eigenvalue weighted by Crippen LogP contribution is -2.43. The van der Waals surface area contributed by atoms with E-state index in [0.717, 1.165) is 6.42 Å². The zero-order valence-corrected chi connectivity index (χ0v) is 11.1. The van der Waals surface area contributed by atoms with Crippen LogP contribution in [0.4, 0.5) is 4.39 Å². The predicted octanol–water partition coefficient (Wildman–Crippen LogP) is 1.68. The van der Waals surface area contributed by atoms with Crippen molar-refractivity contribution in [3.63, 3.8) is 0 Å². The molecule has 1 aromatic rings. The Morgan fingerprint density at radius 1 is 1.44 bits per heavy atom. The number of nitrogens with two attached hydrogens (primary N) is 1. The van der Waals surface area contributed by atoms with Crippen molar-refractivity contribution in [3.8, 4) is 0 Å². The Bertz CT molecular complexity index is 507. The first-order valence-electron chi connectivity index (χ1n) is 5.56. The van der Waals surface area contributed by atoms with Crippen molar-refractivity contribution in [3.05, 3.63) is 34.1 Å². The molecule has 1 aliphatic rings. The number of carbonyl (C=O) groups is 2. The highest BCUT2D eigenvalue weighted by molar-refractivity contribution is 9.10. The summed E-state index contributed by atoms with van der Waals surface area (Å²) in [5, 5.41) is 0. The second-order valence-corrected chi connectivity index (χ2v) is 5.04. The molecule has 1 unspecified atom stereocenters. The van der Waals surface area contributed by atoms with Gasteiger partial charge in [-0.15, -0.1) is 0 Å². The molecule has 0 spiro atoms. The number of primary amides is 1. The summed E-state index contributed by atoms with van der Waals surface area (Å²) in [4.78, 5) is 24.9. The quantitative estimate of drug-likeness (QED) is 0.902. The average molecular weight is 315 g/mol. The van der Waals surface area contributed by atoms with Gasteiger partial charge in [0.15, 0.2) is 0 Å². The average Bonchev–Trinajstić information content (AvgIpc) is 2.77. The minimum absolute atomic E-state index is 0.303. The highest BCUT2D eigenvalue weighted by Gasteiger charge is 2.33. The Hall–Kier alpha value is -1.43. The van der Waals surface area contributed by atoms with E-state index < -0.39 is 17.8 Å². The normalized spacial score (nSPS) is 19.0. The number of halogens is 2. The topological polar surface area (TPSA) is 63.4 Å². The van der Waals surface area contributed by atoms with Gasteiger partial charge in [-0.1, -0.05) is 0 Å². The van der Waals surface area contributed by atoms with E-state index in [4.69, 9.17) is 5.73 Å². The largest absolute Gasteiger partial charge is 0.368 e. The number of carbonyl (C=O) groups excluding carboxylic acids is 2. The molecule has 2 amide bonds. The van der Waals surface area contributed by atoms with Crippen LogP contribution in [0.1, 0.15) is 23.2 Å². The molecule has 1 heterocycles. The summed E-state index contributed by atoms with van der Waals surface area (Å²) in [6.45, 7) is 0.496. The van der Waals surface area contributed by atoms with Crippen LogP contribution in [0.3, 0.4) is 0 Å². The van der Waals surface area contributed by atoms with E-state index in [0.29, 0.717) is 23.0 Å². The number of benzene rings is 1. The van der Waals surface area contributed by atoms with Crippen LogP contribution < -0.4 is 5.73 Å².